The van der Waals surface area contributed by atoms with Crippen molar-refractivity contribution in [2.24, 2.45) is 5.92 Å². The second-order valence-corrected chi connectivity index (χ2v) is 5.37. The van der Waals surface area contributed by atoms with Gasteiger partial charge in [-0.05, 0) is 30.9 Å². The zero-order valence-corrected chi connectivity index (χ0v) is 11.3. The Morgan fingerprint density at radius 2 is 2.11 bits per heavy atom. The van der Waals surface area contributed by atoms with Gasteiger partial charge in [-0.25, -0.2) is 0 Å². The summed E-state index contributed by atoms with van der Waals surface area (Å²) in [5.74, 6) is 1.34. The molecule has 3 rings (SSSR count). The molecule has 1 saturated carbocycles. The number of anilines is 1. The Kier molecular flexibility index (Phi) is 3.13. The second kappa shape index (κ2) is 4.77. The number of pyridine rings is 1. The molecule has 0 N–H and O–H groups in total. The number of aromatic nitrogens is 1. The molecule has 1 aliphatic carbocycles. The molecule has 0 amide bonds. The number of fused-ring (bicyclic) bond motifs is 1. The van der Waals surface area contributed by atoms with Crippen molar-refractivity contribution in [1.29, 1.82) is 0 Å². The van der Waals surface area contributed by atoms with Gasteiger partial charge in [0, 0.05) is 24.7 Å². The van der Waals surface area contributed by atoms with Crippen LogP contribution in [0.3, 0.4) is 0 Å². The van der Waals surface area contributed by atoms with E-state index in [0.29, 0.717) is 5.88 Å². The lowest BCUT2D eigenvalue weighted by Gasteiger charge is -2.21. The molecule has 2 nitrogen and oxygen atoms in total. The molecule has 1 aromatic heterocycles. The molecule has 3 heteroatoms. The van der Waals surface area contributed by atoms with Gasteiger partial charge in [0.1, 0.15) is 0 Å². The Labute approximate surface area is 113 Å². The largest absolute Gasteiger partial charge is 0.374 e. The summed E-state index contributed by atoms with van der Waals surface area (Å²) in [6.07, 6.45) is 2.74. The van der Waals surface area contributed by atoms with E-state index in [4.69, 9.17) is 11.6 Å². The molecule has 0 radical (unpaired) electrons. The average Bonchev–Trinajstić information content (AvgIpc) is 3.21. The van der Waals surface area contributed by atoms with Gasteiger partial charge in [-0.1, -0.05) is 18.2 Å². The molecule has 2 aromatic rings. The summed E-state index contributed by atoms with van der Waals surface area (Å²) in [4.78, 5) is 6.92. The maximum absolute atomic E-state index is 5.94. The highest BCUT2D eigenvalue weighted by atomic mass is 35.5. The summed E-state index contributed by atoms with van der Waals surface area (Å²) in [6.45, 7) is 1.13. The van der Waals surface area contributed by atoms with E-state index in [0.717, 1.165) is 23.7 Å². The molecule has 0 unspecified atom stereocenters. The Morgan fingerprint density at radius 1 is 1.33 bits per heavy atom. The number of nitrogens with zero attached hydrogens (tertiary/aromatic N) is 2. The van der Waals surface area contributed by atoms with Crippen molar-refractivity contribution in [3.63, 3.8) is 0 Å². The third-order valence-corrected chi connectivity index (χ3v) is 3.80. The zero-order valence-electron chi connectivity index (χ0n) is 10.6. The molecule has 0 bridgehead atoms. The molecule has 1 fully saturated rings. The topological polar surface area (TPSA) is 16.1 Å². The predicted molar refractivity (Wildman–Crippen MR) is 77.3 cm³/mol. The third kappa shape index (κ3) is 2.30. The lowest BCUT2D eigenvalue weighted by atomic mass is 10.1. The van der Waals surface area contributed by atoms with Crippen LogP contribution in [-0.4, -0.2) is 18.6 Å². The fourth-order valence-corrected chi connectivity index (χ4v) is 2.52. The lowest BCUT2D eigenvalue weighted by molar-refractivity contribution is 0.789. The van der Waals surface area contributed by atoms with Gasteiger partial charge in [0.05, 0.1) is 17.1 Å². The SMILES string of the molecule is CN(CC1CC1)c1cc(CCl)nc2ccccc12. The monoisotopic (exact) mass is 260 g/mol. The molecule has 1 aromatic carbocycles. The Hall–Kier alpha value is -1.28. The van der Waals surface area contributed by atoms with E-state index in [1.807, 2.05) is 6.07 Å². The minimum atomic E-state index is 0.467. The van der Waals surface area contributed by atoms with E-state index in [9.17, 15) is 0 Å². The van der Waals surface area contributed by atoms with Gasteiger partial charge in [-0.15, -0.1) is 11.6 Å². The molecule has 0 aliphatic heterocycles. The first-order valence-electron chi connectivity index (χ1n) is 6.43. The third-order valence-electron chi connectivity index (χ3n) is 3.52. The quantitative estimate of drug-likeness (QED) is 0.777. The zero-order chi connectivity index (χ0) is 12.5. The maximum atomic E-state index is 5.94. The standard InChI is InChI=1S/C15H17ClN2/c1-18(10-11-6-7-11)15-8-12(9-16)17-14-5-3-2-4-13(14)15/h2-5,8,11H,6-7,9-10H2,1H3. The van der Waals surface area contributed by atoms with Crippen LogP contribution in [0.15, 0.2) is 30.3 Å². The minimum absolute atomic E-state index is 0.467. The second-order valence-electron chi connectivity index (χ2n) is 5.11. The van der Waals surface area contributed by atoms with Gasteiger partial charge in [0.2, 0.25) is 0 Å². The van der Waals surface area contributed by atoms with Gasteiger partial charge in [0.25, 0.3) is 0 Å². The first-order chi connectivity index (χ1) is 8.78. The molecule has 1 heterocycles. The van der Waals surface area contributed by atoms with Crippen molar-refractivity contribution in [1.82, 2.24) is 4.98 Å². The van der Waals surface area contributed by atoms with E-state index in [1.54, 1.807) is 0 Å². The van der Waals surface area contributed by atoms with Crippen LogP contribution in [0.25, 0.3) is 10.9 Å². The highest BCUT2D eigenvalue weighted by Crippen LogP contribution is 2.33. The molecule has 0 saturated heterocycles. The van der Waals surface area contributed by atoms with Crippen LogP contribution in [0.2, 0.25) is 0 Å². The first-order valence-corrected chi connectivity index (χ1v) is 6.97. The Morgan fingerprint density at radius 3 is 2.83 bits per heavy atom. The van der Waals surface area contributed by atoms with E-state index >= 15 is 0 Å². The smallest absolute Gasteiger partial charge is 0.0726 e. The van der Waals surface area contributed by atoms with Crippen LogP contribution >= 0.6 is 11.6 Å². The molecule has 18 heavy (non-hydrogen) atoms. The number of benzene rings is 1. The highest BCUT2D eigenvalue weighted by Gasteiger charge is 2.23. The molecule has 94 valence electrons. The highest BCUT2D eigenvalue weighted by molar-refractivity contribution is 6.17. The van der Waals surface area contributed by atoms with Crippen LogP contribution in [-0.2, 0) is 5.88 Å². The predicted octanol–water partition coefficient (Wildman–Crippen LogP) is 3.82. The number of rotatable bonds is 4. The van der Waals surface area contributed by atoms with Gasteiger partial charge >= 0.3 is 0 Å². The van der Waals surface area contributed by atoms with Crippen LogP contribution in [0.4, 0.5) is 5.69 Å². The van der Waals surface area contributed by atoms with Crippen molar-refractivity contribution in [2.45, 2.75) is 18.7 Å². The normalized spacial score (nSPS) is 15.0. The van der Waals surface area contributed by atoms with Crippen LogP contribution in [0.1, 0.15) is 18.5 Å². The first kappa shape index (κ1) is 11.8. The van der Waals surface area contributed by atoms with E-state index < -0.39 is 0 Å². The van der Waals surface area contributed by atoms with Crippen molar-refractivity contribution >= 4 is 28.2 Å². The number of alkyl halides is 1. The van der Waals surface area contributed by atoms with Crippen LogP contribution in [0, 0.1) is 5.92 Å². The van der Waals surface area contributed by atoms with E-state index in [2.05, 4.69) is 41.2 Å². The number of hydrogen-bond donors (Lipinski definition) is 0. The fraction of sp³-hybridized carbons (Fsp3) is 0.400. The van der Waals surface area contributed by atoms with Crippen molar-refractivity contribution in [3.05, 3.63) is 36.0 Å². The Balaban J connectivity index is 2.06. The molecule has 0 spiro atoms. The lowest BCUT2D eigenvalue weighted by Crippen LogP contribution is -2.20. The summed E-state index contributed by atoms with van der Waals surface area (Å²) in [7, 11) is 2.16. The molecular weight excluding hydrogens is 244 g/mol. The average molecular weight is 261 g/mol. The van der Waals surface area contributed by atoms with Gasteiger partial charge in [-0.3, -0.25) is 4.98 Å². The molecule has 0 atom stereocenters. The van der Waals surface area contributed by atoms with Gasteiger partial charge in [-0.2, -0.15) is 0 Å². The number of para-hydroxylation sites is 1. The van der Waals surface area contributed by atoms with Gasteiger partial charge < -0.3 is 4.90 Å². The Bertz CT molecular complexity index is 563. The summed E-state index contributed by atoms with van der Waals surface area (Å²) in [5, 5.41) is 1.22. The maximum Gasteiger partial charge on any atom is 0.0726 e. The van der Waals surface area contributed by atoms with Crippen molar-refractivity contribution in [3.8, 4) is 0 Å². The number of hydrogen-bond acceptors (Lipinski definition) is 2. The van der Waals surface area contributed by atoms with Crippen LogP contribution < -0.4 is 4.90 Å². The number of halogens is 1. The van der Waals surface area contributed by atoms with Gasteiger partial charge in [0.15, 0.2) is 0 Å². The minimum Gasteiger partial charge on any atom is -0.374 e. The van der Waals surface area contributed by atoms with Crippen LogP contribution in [0.5, 0.6) is 0 Å². The van der Waals surface area contributed by atoms with E-state index in [-0.39, 0.29) is 0 Å². The van der Waals surface area contributed by atoms with E-state index in [1.165, 1.54) is 23.9 Å². The summed E-state index contributed by atoms with van der Waals surface area (Å²) in [5.41, 5.74) is 3.24. The summed E-state index contributed by atoms with van der Waals surface area (Å²) >= 11 is 5.94. The molecular formula is C15H17ClN2. The fourth-order valence-electron chi connectivity index (χ4n) is 2.38. The van der Waals surface area contributed by atoms with Crippen molar-refractivity contribution < 1.29 is 0 Å². The summed E-state index contributed by atoms with van der Waals surface area (Å²) in [6, 6.07) is 10.4. The molecule has 1 aliphatic rings. The van der Waals surface area contributed by atoms with Crippen molar-refractivity contribution in [2.75, 3.05) is 18.5 Å². The summed E-state index contributed by atoms with van der Waals surface area (Å²) < 4.78 is 0.